The summed E-state index contributed by atoms with van der Waals surface area (Å²) < 4.78 is 0.481. The molecular formula is C7H2BrClN2O. The second kappa shape index (κ2) is 3.65. The number of nitrogens with zero attached hydrogens (tertiary/aromatic N) is 2. The van der Waals surface area contributed by atoms with Gasteiger partial charge in [-0.05, 0) is 33.6 Å². The van der Waals surface area contributed by atoms with Crippen LogP contribution in [-0.2, 0) is 0 Å². The Morgan fingerprint density at radius 2 is 2.42 bits per heavy atom. The van der Waals surface area contributed by atoms with Gasteiger partial charge in [-0.15, -0.1) is 0 Å². The molecule has 12 heavy (non-hydrogen) atoms. The molecule has 1 rings (SSSR count). The van der Waals surface area contributed by atoms with Gasteiger partial charge in [0.15, 0.2) is 0 Å². The molecule has 1 aromatic heterocycles. The fraction of sp³-hybridized carbons (Fsp3) is 0. The van der Waals surface area contributed by atoms with E-state index in [4.69, 9.17) is 16.9 Å². The van der Waals surface area contributed by atoms with Gasteiger partial charge < -0.3 is 0 Å². The van der Waals surface area contributed by atoms with Gasteiger partial charge in [-0.25, -0.2) is 4.98 Å². The third-order valence-electron chi connectivity index (χ3n) is 1.18. The lowest BCUT2D eigenvalue weighted by Crippen LogP contribution is -1.93. The van der Waals surface area contributed by atoms with Crippen molar-refractivity contribution >= 4 is 32.8 Å². The monoisotopic (exact) mass is 244 g/mol. The summed E-state index contributed by atoms with van der Waals surface area (Å²) in [4.78, 5) is 14.4. The van der Waals surface area contributed by atoms with E-state index in [1.807, 2.05) is 6.07 Å². The highest BCUT2D eigenvalue weighted by atomic mass is 79.9. The highest BCUT2D eigenvalue weighted by molar-refractivity contribution is 9.10. The second-order valence-corrected chi connectivity index (χ2v) is 3.13. The standard InChI is InChI=1S/C7H2BrClN2O/c8-6-1-4(2-10)11-3-5(6)7(9)12/h1,3H. The number of halogens is 2. The number of carbonyl (C=O) groups is 1. The van der Waals surface area contributed by atoms with Crippen molar-refractivity contribution in [1.29, 1.82) is 5.26 Å². The minimum atomic E-state index is -0.598. The summed E-state index contributed by atoms with van der Waals surface area (Å²) in [7, 11) is 0. The average molecular weight is 245 g/mol. The maximum absolute atomic E-state index is 10.7. The molecule has 1 aromatic rings. The third kappa shape index (κ3) is 1.81. The van der Waals surface area contributed by atoms with E-state index in [1.165, 1.54) is 12.3 Å². The van der Waals surface area contributed by atoms with Gasteiger partial charge in [0.2, 0.25) is 0 Å². The van der Waals surface area contributed by atoms with Crippen molar-refractivity contribution < 1.29 is 4.79 Å². The zero-order chi connectivity index (χ0) is 9.14. The Morgan fingerprint density at radius 3 is 2.83 bits per heavy atom. The summed E-state index contributed by atoms with van der Waals surface area (Å²) >= 11 is 8.30. The van der Waals surface area contributed by atoms with E-state index in [-0.39, 0.29) is 11.3 Å². The number of carbonyl (C=O) groups excluding carboxylic acids is 1. The van der Waals surface area contributed by atoms with Gasteiger partial charge in [-0.3, -0.25) is 4.79 Å². The molecule has 0 fully saturated rings. The molecule has 0 spiro atoms. The number of rotatable bonds is 1. The van der Waals surface area contributed by atoms with E-state index >= 15 is 0 Å². The summed E-state index contributed by atoms with van der Waals surface area (Å²) in [6.45, 7) is 0. The van der Waals surface area contributed by atoms with E-state index in [1.54, 1.807) is 0 Å². The van der Waals surface area contributed by atoms with Crippen LogP contribution in [0.25, 0.3) is 0 Å². The number of nitriles is 1. The normalized spacial score (nSPS) is 9.08. The van der Waals surface area contributed by atoms with Crippen LogP contribution in [0.5, 0.6) is 0 Å². The second-order valence-electron chi connectivity index (χ2n) is 1.93. The van der Waals surface area contributed by atoms with E-state index in [0.29, 0.717) is 4.47 Å². The molecule has 0 saturated heterocycles. The van der Waals surface area contributed by atoms with Gasteiger partial charge >= 0.3 is 0 Å². The van der Waals surface area contributed by atoms with Gasteiger partial charge in [-0.1, -0.05) is 0 Å². The van der Waals surface area contributed by atoms with Crippen molar-refractivity contribution in [3.8, 4) is 6.07 Å². The zero-order valence-electron chi connectivity index (χ0n) is 5.71. The zero-order valence-corrected chi connectivity index (χ0v) is 8.06. The van der Waals surface area contributed by atoms with Crippen molar-refractivity contribution in [2.24, 2.45) is 0 Å². The molecule has 5 heteroatoms. The number of hydrogen-bond donors (Lipinski definition) is 0. The van der Waals surface area contributed by atoms with E-state index < -0.39 is 5.24 Å². The molecule has 60 valence electrons. The first-order valence-electron chi connectivity index (χ1n) is 2.90. The molecule has 0 bridgehead atoms. The Bertz CT molecular complexity index is 372. The van der Waals surface area contributed by atoms with Crippen LogP contribution in [0.1, 0.15) is 16.1 Å². The summed E-state index contributed by atoms with van der Waals surface area (Å²) in [5.74, 6) is 0. The summed E-state index contributed by atoms with van der Waals surface area (Å²) in [5, 5.41) is 7.84. The van der Waals surface area contributed by atoms with Gasteiger partial charge in [0.05, 0.1) is 5.56 Å². The average Bonchev–Trinajstić information content (AvgIpc) is 2.03. The van der Waals surface area contributed by atoms with Crippen LogP contribution in [0, 0.1) is 11.3 Å². The lowest BCUT2D eigenvalue weighted by atomic mass is 10.3. The molecule has 0 aliphatic rings. The fourth-order valence-corrected chi connectivity index (χ4v) is 1.40. The molecule has 0 saturated carbocycles. The Labute approximate surface area is 82.1 Å². The number of hydrogen-bond acceptors (Lipinski definition) is 3. The van der Waals surface area contributed by atoms with Crippen molar-refractivity contribution in [2.75, 3.05) is 0 Å². The molecule has 0 unspecified atom stereocenters. The molecule has 0 amide bonds. The van der Waals surface area contributed by atoms with Gasteiger partial charge in [0.25, 0.3) is 5.24 Å². The van der Waals surface area contributed by atoms with Crippen LogP contribution in [0.3, 0.4) is 0 Å². The Kier molecular flexibility index (Phi) is 2.79. The van der Waals surface area contributed by atoms with Crippen molar-refractivity contribution in [2.45, 2.75) is 0 Å². The van der Waals surface area contributed by atoms with E-state index in [9.17, 15) is 4.79 Å². The maximum Gasteiger partial charge on any atom is 0.255 e. The minimum Gasteiger partial charge on any atom is -0.276 e. The smallest absolute Gasteiger partial charge is 0.255 e. The van der Waals surface area contributed by atoms with E-state index in [0.717, 1.165) is 0 Å². The van der Waals surface area contributed by atoms with Crippen LogP contribution in [-0.4, -0.2) is 10.2 Å². The third-order valence-corrected chi connectivity index (χ3v) is 2.04. The first-order valence-corrected chi connectivity index (χ1v) is 4.07. The van der Waals surface area contributed by atoms with Crippen molar-refractivity contribution in [3.63, 3.8) is 0 Å². The lowest BCUT2D eigenvalue weighted by Gasteiger charge is -1.96. The highest BCUT2D eigenvalue weighted by Crippen LogP contribution is 2.18. The van der Waals surface area contributed by atoms with Gasteiger partial charge in [0, 0.05) is 10.7 Å². The largest absolute Gasteiger partial charge is 0.276 e. The molecule has 0 radical (unpaired) electrons. The Hall–Kier alpha value is -0.920. The first kappa shape index (κ1) is 9.17. The summed E-state index contributed by atoms with van der Waals surface area (Å²) in [6, 6.07) is 3.28. The Balaban J connectivity index is 3.23. The summed E-state index contributed by atoms with van der Waals surface area (Å²) in [6.07, 6.45) is 1.26. The quantitative estimate of drug-likeness (QED) is 0.712. The van der Waals surface area contributed by atoms with Crippen molar-refractivity contribution in [3.05, 3.63) is 28.0 Å². The minimum absolute atomic E-state index is 0.239. The molecule has 0 aromatic carbocycles. The van der Waals surface area contributed by atoms with E-state index in [2.05, 4.69) is 20.9 Å². The fourth-order valence-electron chi connectivity index (χ4n) is 0.637. The number of pyridine rings is 1. The van der Waals surface area contributed by atoms with Gasteiger partial charge in [-0.2, -0.15) is 5.26 Å². The SMILES string of the molecule is N#Cc1cc(Br)c(C(=O)Cl)cn1. The molecule has 1 heterocycles. The maximum atomic E-state index is 10.7. The topological polar surface area (TPSA) is 53.8 Å². The lowest BCUT2D eigenvalue weighted by molar-refractivity contribution is 0.108. The van der Waals surface area contributed by atoms with Crippen LogP contribution in [0.2, 0.25) is 0 Å². The predicted octanol–water partition coefficient (Wildman–Crippen LogP) is 2.09. The Morgan fingerprint density at radius 1 is 1.75 bits per heavy atom. The van der Waals surface area contributed by atoms with Crippen LogP contribution < -0.4 is 0 Å². The molecule has 0 atom stereocenters. The molecule has 0 aliphatic carbocycles. The van der Waals surface area contributed by atoms with Crippen LogP contribution in [0.4, 0.5) is 0 Å². The first-order chi connectivity index (χ1) is 5.65. The van der Waals surface area contributed by atoms with Crippen molar-refractivity contribution in [1.82, 2.24) is 4.98 Å². The molecule has 3 nitrogen and oxygen atoms in total. The molecule has 0 N–H and O–H groups in total. The predicted molar refractivity (Wildman–Crippen MR) is 46.8 cm³/mol. The van der Waals surface area contributed by atoms with Crippen LogP contribution >= 0.6 is 27.5 Å². The molecule has 0 aliphatic heterocycles. The van der Waals surface area contributed by atoms with Crippen LogP contribution in [0.15, 0.2) is 16.7 Å². The highest BCUT2D eigenvalue weighted by Gasteiger charge is 2.07. The van der Waals surface area contributed by atoms with Gasteiger partial charge in [0.1, 0.15) is 11.8 Å². The number of aromatic nitrogens is 1. The molecular weight excluding hydrogens is 243 g/mol. The summed E-state index contributed by atoms with van der Waals surface area (Å²) in [5.41, 5.74) is 0.499.